The van der Waals surface area contributed by atoms with Gasteiger partial charge in [-0.05, 0) is 32.7 Å². The van der Waals surface area contributed by atoms with Gasteiger partial charge in [-0.2, -0.15) is 0 Å². The van der Waals surface area contributed by atoms with Crippen LogP contribution in [-0.4, -0.2) is 34.0 Å². The van der Waals surface area contributed by atoms with E-state index < -0.39 is 11.4 Å². The summed E-state index contributed by atoms with van der Waals surface area (Å²) >= 11 is 1.72. The van der Waals surface area contributed by atoms with Gasteiger partial charge in [-0.15, -0.1) is 11.3 Å². The Morgan fingerprint density at radius 1 is 1.53 bits per heavy atom. The third-order valence-corrected chi connectivity index (χ3v) is 5.40. The molecule has 0 aromatic carbocycles. The number of likely N-dealkylation sites (tertiary alicyclic amines) is 1. The molecule has 0 aliphatic carbocycles. The van der Waals surface area contributed by atoms with Crippen LogP contribution in [0, 0.1) is 25.2 Å². The molecule has 0 bridgehead atoms. The highest BCUT2D eigenvalue weighted by atomic mass is 32.1. The zero-order valence-corrected chi connectivity index (χ0v) is 12.9. The quantitative estimate of drug-likeness (QED) is 0.922. The molecule has 106 valence electrons. The zero-order chi connectivity index (χ0) is 14.2. The lowest BCUT2D eigenvalue weighted by Crippen LogP contribution is -2.39. The fraction of sp³-hybridized carbons (Fsp3) is 0.714. The highest BCUT2D eigenvalue weighted by Gasteiger charge is 2.47. The van der Waals surface area contributed by atoms with Gasteiger partial charge in [-0.1, -0.05) is 13.8 Å². The van der Waals surface area contributed by atoms with Crippen LogP contribution in [0.1, 0.15) is 35.8 Å². The van der Waals surface area contributed by atoms with Gasteiger partial charge < -0.3 is 5.11 Å². The predicted molar refractivity (Wildman–Crippen MR) is 76.4 cm³/mol. The average Bonchev–Trinajstić information content (AvgIpc) is 2.85. The summed E-state index contributed by atoms with van der Waals surface area (Å²) in [6.07, 6.45) is 0.739. The second kappa shape index (κ2) is 5.21. The van der Waals surface area contributed by atoms with Gasteiger partial charge in [0.2, 0.25) is 0 Å². The summed E-state index contributed by atoms with van der Waals surface area (Å²) < 4.78 is 0. The Balaban J connectivity index is 2.07. The number of aromatic nitrogens is 1. The van der Waals surface area contributed by atoms with Crippen molar-refractivity contribution in [1.29, 1.82) is 0 Å². The van der Waals surface area contributed by atoms with Crippen LogP contribution in [0.3, 0.4) is 0 Å². The van der Waals surface area contributed by atoms with Crippen LogP contribution < -0.4 is 0 Å². The van der Waals surface area contributed by atoms with Crippen LogP contribution in [0.4, 0.5) is 0 Å². The number of carbonyl (C=O) groups is 1. The first-order valence-corrected chi connectivity index (χ1v) is 7.55. The summed E-state index contributed by atoms with van der Waals surface area (Å²) in [5.74, 6) is -0.494. The lowest BCUT2D eigenvalue weighted by atomic mass is 9.76. The number of rotatable bonds is 4. The zero-order valence-electron chi connectivity index (χ0n) is 12.1. The lowest BCUT2D eigenvalue weighted by molar-refractivity contribution is -0.151. The number of aryl methyl sites for hydroxylation is 2. The van der Waals surface area contributed by atoms with E-state index in [4.69, 9.17) is 0 Å². The van der Waals surface area contributed by atoms with Crippen LogP contribution in [0.2, 0.25) is 0 Å². The van der Waals surface area contributed by atoms with Crippen molar-refractivity contribution >= 4 is 17.3 Å². The number of carboxylic acids is 1. The van der Waals surface area contributed by atoms with Crippen LogP contribution in [0.15, 0.2) is 0 Å². The summed E-state index contributed by atoms with van der Waals surface area (Å²) in [4.78, 5) is 19.6. The van der Waals surface area contributed by atoms with Gasteiger partial charge >= 0.3 is 5.97 Å². The Kier molecular flexibility index (Phi) is 3.97. The predicted octanol–water partition coefficient (Wildman–Crippen LogP) is 2.69. The fourth-order valence-corrected chi connectivity index (χ4v) is 3.72. The number of hydrogen-bond donors (Lipinski definition) is 1. The third-order valence-electron chi connectivity index (χ3n) is 4.34. The Bertz CT molecular complexity index is 464. The maximum Gasteiger partial charge on any atom is 0.311 e. The SMILES string of the molecule is Cc1nc(CN2CCC(C(=O)O)(C(C)C)C2)sc1C. The van der Waals surface area contributed by atoms with E-state index >= 15 is 0 Å². The van der Waals surface area contributed by atoms with Crippen molar-refractivity contribution in [3.63, 3.8) is 0 Å². The number of aliphatic carboxylic acids is 1. The van der Waals surface area contributed by atoms with Crippen LogP contribution in [0.25, 0.3) is 0 Å². The number of carboxylic acid groups (broad SMARTS) is 1. The lowest BCUT2D eigenvalue weighted by Gasteiger charge is -2.28. The summed E-state index contributed by atoms with van der Waals surface area (Å²) in [7, 11) is 0. The van der Waals surface area contributed by atoms with Gasteiger partial charge in [-0.25, -0.2) is 4.98 Å². The Morgan fingerprint density at radius 3 is 2.63 bits per heavy atom. The van der Waals surface area contributed by atoms with E-state index in [2.05, 4.69) is 16.8 Å². The fourth-order valence-electron chi connectivity index (χ4n) is 2.74. The van der Waals surface area contributed by atoms with Crippen molar-refractivity contribution in [2.45, 2.75) is 40.7 Å². The standard InChI is InChI=1S/C14H22N2O2S/c1-9(2)14(13(17)18)5-6-16(8-14)7-12-15-10(3)11(4)19-12/h9H,5-8H2,1-4H3,(H,17,18). The van der Waals surface area contributed by atoms with Crippen molar-refractivity contribution in [2.75, 3.05) is 13.1 Å². The summed E-state index contributed by atoms with van der Waals surface area (Å²) in [6, 6.07) is 0. The highest BCUT2D eigenvalue weighted by Crippen LogP contribution is 2.38. The second-order valence-electron chi connectivity index (χ2n) is 5.83. The molecule has 1 aromatic heterocycles. The summed E-state index contributed by atoms with van der Waals surface area (Å²) in [5, 5.41) is 10.6. The van der Waals surface area contributed by atoms with Crippen LogP contribution in [0.5, 0.6) is 0 Å². The van der Waals surface area contributed by atoms with E-state index in [-0.39, 0.29) is 5.92 Å². The molecule has 2 heterocycles. The Hall–Kier alpha value is -0.940. The normalized spacial score (nSPS) is 24.3. The molecular formula is C14H22N2O2S. The van der Waals surface area contributed by atoms with Gasteiger partial charge in [0.25, 0.3) is 0 Å². The van der Waals surface area contributed by atoms with Gasteiger partial charge in [0.15, 0.2) is 0 Å². The van der Waals surface area contributed by atoms with E-state index in [0.717, 1.165) is 30.2 Å². The minimum absolute atomic E-state index is 0.162. The Labute approximate surface area is 118 Å². The minimum atomic E-state index is -0.656. The molecule has 1 N–H and O–H groups in total. The largest absolute Gasteiger partial charge is 0.481 e. The van der Waals surface area contributed by atoms with E-state index in [0.29, 0.717) is 6.54 Å². The molecule has 1 fully saturated rings. The van der Waals surface area contributed by atoms with Gasteiger partial charge in [0, 0.05) is 11.4 Å². The third kappa shape index (κ3) is 2.67. The maximum absolute atomic E-state index is 11.6. The van der Waals surface area contributed by atoms with Crippen LogP contribution in [-0.2, 0) is 11.3 Å². The molecule has 4 nitrogen and oxygen atoms in total. The van der Waals surface area contributed by atoms with Crippen molar-refractivity contribution in [3.8, 4) is 0 Å². The first kappa shape index (κ1) is 14.5. The van der Waals surface area contributed by atoms with Gasteiger partial charge in [0.05, 0.1) is 17.7 Å². The molecule has 1 aliphatic heterocycles. The van der Waals surface area contributed by atoms with Crippen molar-refractivity contribution in [1.82, 2.24) is 9.88 Å². The van der Waals surface area contributed by atoms with E-state index in [9.17, 15) is 9.90 Å². The highest BCUT2D eigenvalue weighted by molar-refractivity contribution is 7.11. The summed E-state index contributed by atoms with van der Waals surface area (Å²) in [6.45, 7) is 10.4. The monoisotopic (exact) mass is 282 g/mol. The molecule has 19 heavy (non-hydrogen) atoms. The average molecular weight is 282 g/mol. The number of hydrogen-bond acceptors (Lipinski definition) is 4. The summed E-state index contributed by atoms with van der Waals surface area (Å²) in [5.41, 5.74) is 0.508. The molecule has 0 saturated carbocycles. The maximum atomic E-state index is 11.6. The topological polar surface area (TPSA) is 53.4 Å². The van der Waals surface area contributed by atoms with Crippen LogP contribution >= 0.6 is 11.3 Å². The molecule has 1 aliphatic rings. The molecule has 1 unspecified atom stereocenters. The van der Waals surface area contributed by atoms with E-state index in [1.165, 1.54) is 4.88 Å². The molecule has 1 saturated heterocycles. The number of nitrogens with zero attached hydrogens (tertiary/aromatic N) is 2. The molecular weight excluding hydrogens is 260 g/mol. The Morgan fingerprint density at radius 2 is 2.21 bits per heavy atom. The molecule has 0 spiro atoms. The molecule has 0 radical (unpaired) electrons. The first-order chi connectivity index (χ1) is 8.85. The molecule has 2 rings (SSSR count). The minimum Gasteiger partial charge on any atom is -0.481 e. The van der Waals surface area contributed by atoms with Crippen molar-refractivity contribution in [2.24, 2.45) is 11.3 Å². The van der Waals surface area contributed by atoms with Crippen molar-refractivity contribution < 1.29 is 9.90 Å². The van der Waals surface area contributed by atoms with E-state index in [1.807, 2.05) is 20.8 Å². The van der Waals surface area contributed by atoms with Crippen molar-refractivity contribution in [3.05, 3.63) is 15.6 Å². The molecule has 0 amide bonds. The van der Waals surface area contributed by atoms with Gasteiger partial charge in [-0.3, -0.25) is 9.69 Å². The smallest absolute Gasteiger partial charge is 0.311 e. The molecule has 1 aromatic rings. The first-order valence-electron chi connectivity index (χ1n) is 6.74. The second-order valence-corrected chi connectivity index (χ2v) is 7.11. The van der Waals surface area contributed by atoms with Gasteiger partial charge in [0.1, 0.15) is 5.01 Å². The van der Waals surface area contributed by atoms with E-state index in [1.54, 1.807) is 11.3 Å². The molecule has 1 atom stereocenters. The number of thiazole rings is 1. The molecule has 5 heteroatoms.